The minimum atomic E-state index is -0.154. The van der Waals surface area contributed by atoms with Gasteiger partial charge in [0.15, 0.2) is 11.5 Å². The van der Waals surface area contributed by atoms with Gasteiger partial charge in [0.1, 0.15) is 11.5 Å². The normalized spacial score (nSPS) is 10.5. The average Bonchev–Trinajstić information content (AvgIpc) is 3.35. The predicted octanol–water partition coefficient (Wildman–Crippen LogP) is 4.12. The molecule has 6 nitrogen and oxygen atoms in total. The molecule has 3 aromatic rings. The highest BCUT2D eigenvalue weighted by Gasteiger charge is 2.20. The first kappa shape index (κ1) is 17.7. The molecule has 0 fully saturated rings. The molecular weight excluding hydrogens is 334 g/mol. The van der Waals surface area contributed by atoms with Gasteiger partial charge in [-0.15, -0.1) is 0 Å². The molecule has 0 unspecified atom stereocenters. The number of carbonyl (C=O) groups is 1. The zero-order valence-corrected chi connectivity index (χ0v) is 14.8. The highest BCUT2D eigenvalue weighted by molar-refractivity contribution is 5.94. The Kier molecular flexibility index (Phi) is 5.63. The Morgan fingerprint density at radius 2 is 1.65 bits per heavy atom. The zero-order chi connectivity index (χ0) is 18.4. The van der Waals surface area contributed by atoms with E-state index in [2.05, 4.69) is 0 Å². The van der Waals surface area contributed by atoms with E-state index >= 15 is 0 Å². The van der Waals surface area contributed by atoms with Gasteiger partial charge in [0.05, 0.1) is 39.3 Å². The Labute approximate surface area is 151 Å². The number of benzene rings is 1. The summed E-state index contributed by atoms with van der Waals surface area (Å²) >= 11 is 0. The van der Waals surface area contributed by atoms with E-state index in [9.17, 15) is 4.79 Å². The lowest BCUT2D eigenvalue weighted by atomic mass is 10.1. The lowest BCUT2D eigenvalue weighted by molar-refractivity contribution is 0.0704. The first-order valence-corrected chi connectivity index (χ1v) is 8.36. The fourth-order valence-corrected chi connectivity index (χ4v) is 2.64. The topological polar surface area (TPSA) is 65.0 Å². The quantitative estimate of drug-likeness (QED) is 0.608. The molecule has 0 bridgehead atoms. The van der Waals surface area contributed by atoms with Crippen molar-refractivity contribution >= 4 is 5.91 Å². The van der Waals surface area contributed by atoms with Crippen molar-refractivity contribution < 1.29 is 23.1 Å². The maximum absolute atomic E-state index is 13.1. The van der Waals surface area contributed by atoms with Crippen LogP contribution in [0.25, 0.3) is 0 Å². The Morgan fingerprint density at radius 1 is 1.00 bits per heavy atom. The molecule has 0 saturated carbocycles. The van der Waals surface area contributed by atoms with Crippen LogP contribution in [0.1, 0.15) is 28.8 Å². The molecule has 0 aliphatic rings. The zero-order valence-electron chi connectivity index (χ0n) is 14.8. The largest absolute Gasteiger partial charge is 0.493 e. The second-order valence-electron chi connectivity index (χ2n) is 5.62. The van der Waals surface area contributed by atoms with E-state index in [0.29, 0.717) is 48.3 Å². The van der Waals surface area contributed by atoms with E-state index in [-0.39, 0.29) is 5.91 Å². The van der Waals surface area contributed by atoms with Crippen LogP contribution in [-0.2, 0) is 13.1 Å². The molecule has 26 heavy (non-hydrogen) atoms. The maximum atomic E-state index is 13.1. The Bertz CT molecular complexity index is 788. The van der Waals surface area contributed by atoms with Gasteiger partial charge in [0, 0.05) is 5.56 Å². The molecule has 6 heteroatoms. The first-order valence-electron chi connectivity index (χ1n) is 8.36. The molecule has 0 aliphatic carbocycles. The SMILES string of the molecule is CCOc1ccc(C(=O)N(Cc2ccco2)Cc2ccco2)cc1OC. The number of rotatable bonds is 8. The van der Waals surface area contributed by atoms with Crippen LogP contribution in [-0.4, -0.2) is 24.5 Å². The fraction of sp³-hybridized carbons (Fsp3) is 0.250. The summed E-state index contributed by atoms with van der Waals surface area (Å²) in [4.78, 5) is 14.7. The summed E-state index contributed by atoms with van der Waals surface area (Å²) in [6.45, 7) is 3.09. The van der Waals surface area contributed by atoms with Crippen molar-refractivity contribution in [2.45, 2.75) is 20.0 Å². The maximum Gasteiger partial charge on any atom is 0.254 e. The van der Waals surface area contributed by atoms with Crippen LogP contribution in [0.5, 0.6) is 11.5 Å². The molecule has 1 aromatic carbocycles. The van der Waals surface area contributed by atoms with E-state index in [4.69, 9.17) is 18.3 Å². The number of hydrogen-bond acceptors (Lipinski definition) is 5. The molecule has 0 saturated heterocycles. The molecule has 136 valence electrons. The summed E-state index contributed by atoms with van der Waals surface area (Å²) in [5.74, 6) is 2.37. The summed E-state index contributed by atoms with van der Waals surface area (Å²) in [5.41, 5.74) is 0.503. The number of hydrogen-bond donors (Lipinski definition) is 0. The standard InChI is InChI=1S/C20H21NO5/c1-3-24-18-9-8-15(12-19(18)23-2)20(22)21(13-16-6-4-10-25-16)14-17-7-5-11-26-17/h4-12H,3,13-14H2,1-2H3. The molecule has 0 atom stereocenters. The van der Waals surface area contributed by atoms with Gasteiger partial charge in [-0.25, -0.2) is 0 Å². The second kappa shape index (κ2) is 8.29. The fourth-order valence-electron chi connectivity index (χ4n) is 2.64. The molecule has 0 radical (unpaired) electrons. The third-order valence-corrected chi connectivity index (χ3v) is 3.85. The summed E-state index contributed by atoms with van der Waals surface area (Å²) in [6.07, 6.45) is 3.18. The van der Waals surface area contributed by atoms with Gasteiger partial charge >= 0.3 is 0 Å². The lowest BCUT2D eigenvalue weighted by Gasteiger charge is -2.21. The summed E-state index contributed by atoms with van der Waals surface area (Å²) in [5, 5.41) is 0. The Hall–Kier alpha value is -3.15. The summed E-state index contributed by atoms with van der Waals surface area (Å²) in [6, 6.07) is 12.4. The smallest absolute Gasteiger partial charge is 0.254 e. The summed E-state index contributed by atoms with van der Waals surface area (Å²) < 4.78 is 21.7. The number of ether oxygens (including phenoxy) is 2. The monoisotopic (exact) mass is 355 g/mol. The van der Waals surface area contributed by atoms with Gasteiger partial charge in [-0.05, 0) is 49.4 Å². The van der Waals surface area contributed by atoms with Crippen molar-refractivity contribution in [2.24, 2.45) is 0 Å². The number of furan rings is 2. The predicted molar refractivity (Wildman–Crippen MR) is 95.2 cm³/mol. The highest BCUT2D eigenvalue weighted by atomic mass is 16.5. The van der Waals surface area contributed by atoms with Crippen molar-refractivity contribution in [3.63, 3.8) is 0 Å². The molecular formula is C20H21NO5. The number of nitrogens with zero attached hydrogens (tertiary/aromatic N) is 1. The second-order valence-corrected chi connectivity index (χ2v) is 5.62. The van der Waals surface area contributed by atoms with Crippen molar-refractivity contribution in [1.29, 1.82) is 0 Å². The molecule has 2 heterocycles. The van der Waals surface area contributed by atoms with Crippen LogP contribution in [0, 0.1) is 0 Å². The van der Waals surface area contributed by atoms with E-state index < -0.39 is 0 Å². The summed E-state index contributed by atoms with van der Waals surface area (Å²) in [7, 11) is 1.55. The van der Waals surface area contributed by atoms with Gasteiger partial charge in [0.2, 0.25) is 0 Å². The third kappa shape index (κ3) is 4.08. The van der Waals surface area contributed by atoms with Crippen LogP contribution < -0.4 is 9.47 Å². The van der Waals surface area contributed by atoms with Crippen LogP contribution in [0.2, 0.25) is 0 Å². The van der Waals surface area contributed by atoms with E-state index in [1.165, 1.54) is 0 Å². The van der Waals surface area contributed by atoms with Gasteiger partial charge < -0.3 is 23.2 Å². The van der Waals surface area contributed by atoms with Crippen LogP contribution in [0.3, 0.4) is 0 Å². The first-order chi connectivity index (χ1) is 12.7. The van der Waals surface area contributed by atoms with Crippen LogP contribution >= 0.6 is 0 Å². The highest BCUT2D eigenvalue weighted by Crippen LogP contribution is 2.29. The molecule has 0 N–H and O–H groups in total. The van der Waals surface area contributed by atoms with Gasteiger partial charge in [-0.3, -0.25) is 4.79 Å². The van der Waals surface area contributed by atoms with E-state index in [1.54, 1.807) is 54.9 Å². The van der Waals surface area contributed by atoms with Crippen molar-refractivity contribution in [1.82, 2.24) is 4.90 Å². The average molecular weight is 355 g/mol. The minimum Gasteiger partial charge on any atom is -0.493 e. The van der Waals surface area contributed by atoms with Crippen LogP contribution in [0.15, 0.2) is 63.8 Å². The third-order valence-electron chi connectivity index (χ3n) is 3.85. The van der Waals surface area contributed by atoms with Crippen molar-refractivity contribution in [3.8, 4) is 11.5 Å². The van der Waals surface area contributed by atoms with Gasteiger partial charge in [-0.2, -0.15) is 0 Å². The van der Waals surface area contributed by atoms with Crippen molar-refractivity contribution in [3.05, 3.63) is 72.1 Å². The number of amides is 1. The molecule has 1 amide bonds. The van der Waals surface area contributed by atoms with Gasteiger partial charge in [0.25, 0.3) is 5.91 Å². The van der Waals surface area contributed by atoms with E-state index in [1.807, 2.05) is 19.1 Å². The number of methoxy groups -OCH3 is 1. The van der Waals surface area contributed by atoms with Crippen LogP contribution in [0.4, 0.5) is 0 Å². The van der Waals surface area contributed by atoms with Crippen molar-refractivity contribution in [2.75, 3.05) is 13.7 Å². The molecule has 2 aromatic heterocycles. The molecule has 0 aliphatic heterocycles. The lowest BCUT2D eigenvalue weighted by Crippen LogP contribution is -2.29. The number of carbonyl (C=O) groups excluding carboxylic acids is 1. The van der Waals surface area contributed by atoms with E-state index in [0.717, 1.165) is 0 Å². The molecule has 3 rings (SSSR count). The van der Waals surface area contributed by atoms with Gasteiger partial charge in [-0.1, -0.05) is 0 Å². The minimum absolute atomic E-state index is 0.154. The Morgan fingerprint density at radius 3 is 2.15 bits per heavy atom. The molecule has 0 spiro atoms. The Balaban J connectivity index is 1.86.